The van der Waals surface area contributed by atoms with Crippen molar-refractivity contribution in [2.75, 3.05) is 0 Å². The molecule has 0 aromatic carbocycles. The van der Waals surface area contributed by atoms with Crippen LogP contribution in [0.2, 0.25) is 0 Å². The number of rotatable bonds is 0. The Bertz CT molecular complexity index is 38.7. The zero-order valence-electron chi connectivity index (χ0n) is 3.29. The first-order valence-electron chi connectivity index (χ1n) is 0.671. The molecule has 4 heteroatoms. The summed E-state index contributed by atoms with van der Waals surface area (Å²) in [6, 6.07) is 0. The molecule has 0 aromatic heterocycles. The third-order valence-corrected chi connectivity index (χ3v) is 0. The van der Waals surface area contributed by atoms with Crippen LogP contribution in [0.1, 0.15) is 0 Å². The first-order valence-corrected chi connectivity index (χ1v) is 0.671. The molecule has 0 aromatic rings. The average molecular weight is 129 g/mol. The minimum Gasteiger partial charge on any atom is -0.512 e. The van der Waals surface area contributed by atoms with E-state index in [0.717, 1.165) is 0 Å². The Kier molecular flexibility index (Phi) is 486. The van der Waals surface area contributed by atoms with E-state index < -0.39 is 0 Å². The largest absolute Gasteiger partial charge is 0.512 e. The van der Waals surface area contributed by atoms with E-state index in [1.165, 1.54) is 0 Å². The summed E-state index contributed by atoms with van der Waals surface area (Å²) in [7, 11) is 0. The van der Waals surface area contributed by atoms with Gasteiger partial charge in [-0.1, -0.05) is 0 Å². The van der Waals surface area contributed by atoms with E-state index in [0.29, 0.717) is 0 Å². The summed E-state index contributed by atoms with van der Waals surface area (Å²) < 4.78 is 0. The van der Waals surface area contributed by atoms with Crippen molar-refractivity contribution < 1.29 is 18.6 Å². The average Bonchev–Trinajstić information content (AvgIpc) is 1.81. The Balaban J connectivity index is -0.00000000900. The van der Waals surface area contributed by atoms with E-state index >= 15 is 0 Å². The fourth-order valence-corrected chi connectivity index (χ4v) is 0. The van der Waals surface area contributed by atoms with Crippen molar-refractivity contribution in [3.05, 3.63) is 19.7 Å². The normalized spacial score (nSPS) is 0.857. The zero-order valence-corrected chi connectivity index (χ0v) is 4.69. The smallest absolute Gasteiger partial charge is 0 e. The number of hydrogen-bond donors (Lipinski definition) is 0. The molecule has 0 saturated carbocycles. The fourth-order valence-electron chi connectivity index (χ4n) is 0. The maximum Gasteiger partial charge on any atom is 0 e. The molecule has 0 N–H and O–H groups in total. The van der Waals surface area contributed by atoms with Gasteiger partial charge in [0.25, 0.3) is 0 Å². The van der Waals surface area contributed by atoms with Crippen molar-refractivity contribution >= 4 is 0 Å². The van der Waals surface area contributed by atoms with Gasteiger partial charge in [0.15, 0.2) is 0 Å². The molecule has 0 unspecified atom stereocenters. The molecule has 0 amide bonds. The second-order valence-corrected chi connectivity index (χ2v) is 0. The van der Waals surface area contributed by atoms with Gasteiger partial charge in [-0.15, -0.1) is 0 Å². The summed E-state index contributed by atoms with van der Waals surface area (Å²) in [4.78, 5) is 0. The summed E-state index contributed by atoms with van der Waals surface area (Å²) in [5, 5.41) is 18.8. The molecule has 3 nitrogen and oxygen atoms in total. The Hall–Kier alpha value is -0.946. The van der Waals surface area contributed by atoms with Gasteiger partial charge in [0.1, 0.15) is 0 Å². The van der Waals surface area contributed by atoms with Crippen LogP contribution in [0.3, 0.4) is 0 Å². The van der Waals surface area contributed by atoms with Crippen LogP contribution in [0, 0.1) is 35.5 Å². The van der Waals surface area contributed by atoms with Crippen molar-refractivity contribution in [1.29, 1.82) is 15.8 Å². The second-order valence-electron chi connectivity index (χ2n) is 0. The molecule has 0 rings (SSSR count). The van der Waals surface area contributed by atoms with Crippen molar-refractivity contribution in [3.63, 3.8) is 0 Å². The molecule has 0 aliphatic rings. The summed E-state index contributed by atoms with van der Waals surface area (Å²) in [6.07, 6.45) is 0. The van der Waals surface area contributed by atoms with Crippen LogP contribution < -0.4 is 0 Å². The minimum atomic E-state index is 0. The standard InChI is InChI=1S/3CN.V/c3*1-2;/q3*-1;. The first kappa shape index (κ1) is 36.6. The van der Waals surface area contributed by atoms with Crippen LogP contribution in [0.15, 0.2) is 0 Å². The number of hydrogen-bond acceptors (Lipinski definition) is 3. The second kappa shape index (κ2) is 92.9. The van der Waals surface area contributed by atoms with Crippen molar-refractivity contribution in [3.8, 4) is 0 Å². The van der Waals surface area contributed by atoms with E-state index in [2.05, 4.69) is 0 Å². The van der Waals surface area contributed by atoms with Gasteiger partial charge in [0.05, 0.1) is 0 Å². The first-order chi connectivity index (χ1) is 3.00. The molecule has 0 saturated heterocycles. The van der Waals surface area contributed by atoms with E-state index in [9.17, 15) is 0 Å². The summed E-state index contributed by atoms with van der Waals surface area (Å²) in [6.45, 7) is 14.2. The third kappa shape index (κ3) is 52.7. The molecule has 0 bridgehead atoms. The Labute approximate surface area is 54.7 Å². The van der Waals surface area contributed by atoms with Crippen LogP contribution in [0.4, 0.5) is 0 Å². The molecule has 0 heterocycles. The minimum absolute atomic E-state index is 0. The van der Waals surface area contributed by atoms with E-state index in [-0.39, 0.29) is 18.6 Å². The van der Waals surface area contributed by atoms with Gasteiger partial charge in [-0.25, -0.2) is 0 Å². The molecule has 35 valence electrons. The van der Waals surface area contributed by atoms with E-state index in [1.54, 1.807) is 0 Å². The van der Waals surface area contributed by atoms with Gasteiger partial charge in [-0.2, -0.15) is 0 Å². The molecule has 0 aliphatic carbocycles. The topological polar surface area (TPSA) is 71.4 Å². The Morgan fingerprint density at radius 2 is 0.571 bits per heavy atom. The van der Waals surface area contributed by atoms with Crippen molar-refractivity contribution in [2.45, 2.75) is 0 Å². The van der Waals surface area contributed by atoms with Crippen LogP contribution in [-0.2, 0) is 18.6 Å². The fraction of sp³-hybridized carbons (Fsp3) is 0. The summed E-state index contributed by atoms with van der Waals surface area (Å²) in [5.41, 5.74) is 0. The maximum absolute atomic E-state index is 6.25. The van der Waals surface area contributed by atoms with Crippen LogP contribution in [-0.4, -0.2) is 0 Å². The van der Waals surface area contributed by atoms with Crippen LogP contribution in [0.25, 0.3) is 0 Å². The molecule has 0 spiro atoms. The third-order valence-electron chi connectivity index (χ3n) is 0. The molecular weight excluding hydrogens is 129 g/mol. The van der Waals surface area contributed by atoms with Crippen LogP contribution in [0.5, 0.6) is 0 Å². The molecule has 0 fully saturated rings. The van der Waals surface area contributed by atoms with E-state index in [4.69, 9.17) is 35.5 Å². The van der Waals surface area contributed by atoms with Gasteiger partial charge >= 0.3 is 0 Å². The molecular formula is C3N3V-3. The summed E-state index contributed by atoms with van der Waals surface area (Å²) in [5.74, 6) is 0. The van der Waals surface area contributed by atoms with Gasteiger partial charge < -0.3 is 35.5 Å². The summed E-state index contributed by atoms with van der Waals surface area (Å²) >= 11 is 0. The Morgan fingerprint density at radius 3 is 0.571 bits per heavy atom. The predicted octanol–water partition coefficient (Wildman–Crippen LogP) is 0.287. The van der Waals surface area contributed by atoms with Gasteiger partial charge in [-0.3, -0.25) is 0 Å². The van der Waals surface area contributed by atoms with Crippen molar-refractivity contribution in [1.82, 2.24) is 0 Å². The molecule has 0 aliphatic heterocycles. The zero-order chi connectivity index (χ0) is 6.00. The van der Waals surface area contributed by atoms with E-state index in [1.807, 2.05) is 0 Å². The molecule has 0 atom stereocenters. The SMILES string of the molecule is [C-]#N.[C-]#N.[C-]#N.[V]. The quantitative estimate of drug-likeness (QED) is 0.441. The predicted molar refractivity (Wildman–Crippen MR) is 14.9 cm³/mol. The molecule has 1 radical (unpaired) electrons. The van der Waals surface area contributed by atoms with Gasteiger partial charge in [0, 0.05) is 18.6 Å². The maximum atomic E-state index is 6.25. The van der Waals surface area contributed by atoms with Gasteiger partial charge in [-0.05, 0) is 0 Å². The number of nitrogens with zero attached hydrogens (tertiary/aromatic N) is 3. The van der Waals surface area contributed by atoms with Gasteiger partial charge in [0.2, 0.25) is 0 Å². The van der Waals surface area contributed by atoms with Crippen molar-refractivity contribution in [2.24, 2.45) is 0 Å². The Morgan fingerprint density at radius 1 is 0.571 bits per heavy atom. The molecule has 7 heavy (non-hydrogen) atoms. The monoisotopic (exact) mass is 129 g/mol. The van der Waals surface area contributed by atoms with Crippen LogP contribution >= 0.6 is 0 Å².